The van der Waals surface area contributed by atoms with Crippen molar-refractivity contribution in [3.05, 3.63) is 5.89 Å². The summed E-state index contributed by atoms with van der Waals surface area (Å²) in [4.78, 5) is 0. The summed E-state index contributed by atoms with van der Waals surface area (Å²) in [6.45, 7) is 5.08. The molecule has 1 aromatic rings. The second kappa shape index (κ2) is 7.48. The maximum Gasteiger partial charge on any atom is 0.315 e. The van der Waals surface area contributed by atoms with Crippen molar-refractivity contribution < 1.29 is 4.42 Å². The van der Waals surface area contributed by atoms with Gasteiger partial charge in [-0.3, -0.25) is 0 Å². The Morgan fingerprint density at radius 1 is 1.26 bits per heavy atom. The van der Waals surface area contributed by atoms with Gasteiger partial charge in [0.15, 0.2) is 0 Å². The van der Waals surface area contributed by atoms with Gasteiger partial charge in [0, 0.05) is 12.1 Å². The Hall–Kier alpha value is -1.10. The van der Waals surface area contributed by atoms with Crippen molar-refractivity contribution in [1.82, 2.24) is 15.5 Å². The molecule has 1 unspecified atom stereocenters. The Morgan fingerprint density at radius 2 is 2.11 bits per heavy atom. The number of hydrogen-bond donors (Lipinski definition) is 2. The molecule has 0 amide bonds. The minimum Gasteiger partial charge on any atom is -0.407 e. The fraction of sp³-hybridized carbons (Fsp3) is 0.857. The predicted octanol–water partition coefficient (Wildman–Crippen LogP) is 3.09. The van der Waals surface area contributed by atoms with Crippen LogP contribution in [0.2, 0.25) is 0 Å². The van der Waals surface area contributed by atoms with Crippen LogP contribution in [0, 0.1) is 0 Å². The zero-order valence-corrected chi connectivity index (χ0v) is 12.1. The second-order valence-electron chi connectivity index (χ2n) is 5.55. The Morgan fingerprint density at radius 3 is 2.84 bits per heavy atom. The number of nitrogens with one attached hydrogen (secondary N) is 2. The lowest BCUT2D eigenvalue weighted by atomic mass is 10.1. The van der Waals surface area contributed by atoms with Crippen LogP contribution in [0.1, 0.15) is 64.7 Å². The second-order valence-corrected chi connectivity index (χ2v) is 5.55. The van der Waals surface area contributed by atoms with Crippen LogP contribution in [-0.2, 0) is 6.54 Å². The molecule has 1 aliphatic rings. The summed E-state index contributed by atoms with van der Waals surface area (Å²) in [6, 6.07) is 1.61. The molecule has 5 nitrogen and oxygen atoms in total. The van der Waals surface area contributed by atoms with E-state index in [9.17, 15) is 0 Å². The van der Waals surface area contributed by atoms with Crippen molar-refractivity contribution >= 4 is 6.01 Å². The summed E-state index contributed by atoms with van der Waals surface area (Å²) in [5.41, 5.74) is 0. The molecule has 1 aliphatic carbocycles. The molecule has 0 aromatic carbocycles. The highest BCUT2D eigenvalue weighted by molar-refractivity contribution is 5.18. The number of aromatic nitrogens is 2. The lowest BCUT2D eigenvalue weighted by Gasteiger charge is -2.10. The zero-order valence-electron chi connectivity index (χ0n) is 12.1. The van der Waals surface area contributed by atoms with Gasteiger partial charge in [-0.1, -0.05) is 37.7 Å². The monoisotopic (exact) mass is 266 g/mol. The highest BCUT2D eigenvalue weighted by Crippen LogP contribution is 2.19. The molecule has 0 aliphatic heterocycles. The molecule has 2 N–H and O–H groups in total. The summed E-state index contributed by atoms with van der Waals surface area (Å²) < 4.78 is 5.56. The van der Waals surface area contributed by atoms with E-state index in [2.05, 4.69) is 34.7 Å². The first-order chi connectivity index (χ1) is 9.28. The lowest BCUT2D eigenvalue weighted by Crippen LogP contribution is -2.15. The molecule has 0 radical (unpaired) electrons. The third-order valence-corrected chi connectivity index (χ3v) is 3.45. The van der Waals surface area contributed by atoms with E-state index in [1.165, 1.54) is 38.5 Å². The Kier molecular flexibility index (Phi) is 5.63. The lowest BCUT2D eigenvalue weighted by molar-refractivity contribution is 0.469. The van der Waals surface area contributed by atoms with Crippen LogP contribution in [0.15, 0.2) is 4.42 Å². The van der Waals surface area contributed by atoms with Gasteiger partial charge >= 0.3 is 6.01 Å². The molecule has 5 heteroatoms. The third kappa shape index (κ3) is 5.59. The smallest absolute Gasteiger partial charge is 0.315 e. The van der Waals surface area contributed by atoms with Gasteiger partial charge in [0.1, 0.15) is 0 Å². The predicted molar refractivity (Wildman–Crippen MR) is 76.0 cm³/mol. The maximum absolute atomic E-state index is 5.56. The van der Waals surface area contributed by atoms with Gasteiger partial charge in [-0.05, 0) is 26.2 Å². The number of hydrogen-bond acceptors (Lipinski definition) is 5. The van der Waals surface area contributed by atoms with Crippen molar-refractivity contribution in [3.8, 4) is 0 Å². The Balaban J connectivity index is 1.63. The fourth-order valence-electron chi connectivity index (χ4n) is 2.06. The molecule has 1 aromatic heterocycles. The molecule has 0 saturated heterocycles. The summed E-state index contributed by atoms with van der Waals surface area (Å²) in [5, 5.41) is 14.7. The van der Waals surface area contributed by atoms with E-state index in [0.717, 1.165) is 6.42 Å². The van der Waals surface area contributed by atoms with Gasteiger partial charge in [0.05, 0.1) is 6.54 Å². The van der Waals surface area contributed by atoms with E-state index >= 15 is 0 Å². The average Bonchev–Trinajstić information content (AvgIpc) is 3.13. The van der Waals surface area contributed by atoms with Gasteiger partial charge in [-0.25, -0.2) is 0 Å². The molecule has 0 spiro atoms. The molecule has 19 heavy (non-hydrogen) atoms. The highest BCUT2D eigenvalue weighted by Gasteiger charge is 2.21. The van der Waals surface area contributed by atoms with E-state index in [1.807, 2.05) is 0 Å². The van der Waals surface area contributed by atoms with Gasteiger partial charge < -0.3 is 15.1 Å². The van der Waals surface area contributed by atoms with Crippen LogP contribution in [0.3, 0.4) is 0 Å². The van der Waals surface area contributed by atoms with Crippen molar-refractivity contribution in [2.75, 3.05) is 5.32 Å². The standard InChI is InChI=1S/C14H26N4O/c1-3-4-5-6-7-11(2)16-14-18-17-13(19-14)10-15-12-8-9-12/h11-12,15H,3-10H2,1-2H3,(H,16,18). The minimum atomic E-state index is 0.390. The van der Waals surface area contributed by atoms with Crippen molar-refractivity contribution in [1.29, 1.82) is 0 Å². The summed E-state index contributed by atoms with van der Waals surface area (Å²) >= 11 is 0. The average molecular weight is 266 g/mol. The molecule has 0 bridgehead atoms. The van der Waals surface area contributed by atoms with Crippen LogP contribution < -0.4 is 10.6 Å². The van der Waals surface area contributed by atoms with Crippen molar-refractivity contribution in [2.45, 2.75) is 77.4 Å². The Labute approximate surface area is 115 Å². The van der Waals surface area contributed by atoms with Crippen molar-refractivity contribution in [2.24, 2.45) is 0 Å². The van der Waals surface area contributed by atoms with E-state index in [1.54, 1.807) is 0 Å². The topological polar surface area (TPSA) is 63.0 Å². The quantitative estimate of drug-likeness (QED) is 0.637. The fourth-order valence-corrected chi connectivity index (χ4v) is 2.06. The van der Waals surface area contributed by atoms with Crippen LogP contribution in [-0.4, -0.2) is 22.3 Å². The van der Waals surface area contributed by atoms with E-state index < -0.39 is 0 Å². The van der Waals surface area contributed by atoms with E-state index in [0.29, 0.717) is 30.5 Å². The van der Waals surface area contributed by atoms with Gasteiger partial charge in [0.25, 0.3) is 0 Å². The van der Waals surface area contributed by atoms with E-state index in [4.69, 9.17) is 4.42 Å². The largest absolute Gasteiger partial charge is 0.407 e. The molecule has 1 saturated carbocycles. The number of rotatable bonds is 10. The molecule has 1 heterocycles. The molecular weight excluding hydrogens is 240 g/mol. The number of anilines is 1. The van der Waals surface area contributed by atoms with Crippen LogP contribution >= 0.6 is 0 Å². The molecule has 2 rings (SSSR count). The zero-order chi connectivity index (χ0) is 13.5. The van der Waals surface area contributed by atoms with Gasteiger partial charge in [-0.15, -0.1) is 5.10 Å². The Bertz CT molecular complexity index is 362. The first-order valence-corrected chi connectivity index (χ1v) is 7.60. The highest BCUT2D eigenvalue weighted by atomic mass is 16.4. The van der Waals surface area contributed by atoms with E-state index in [-0.39, 0.29) is 0 Å². The first kappa shape index (κ1) is 14.3. The van der Waals surface area contributed by atoms with Crippen LogP contribution in [0.25, 0.3) is 0 Å². The maximum atomic E-state index is 5.56. The normalized spacial score (nSPS) is 16.5. The minimum absolute atomic E-state index is 0.390. The first-order valence-electron chi connectivity index (χ1n) is 7.60. The molecule has 1 fully saturated rings. The molecule has 1 atom stereocenters. The summed E-state index contributed by atoms with van der Waals surface area (Å²) in [6.07, 6.45) is 8.86. The number of nitrogens with zero attached hydrogens (tertiary/aromatic N) is 2. The summed E-state index contributed by atoms with van der Waals surface area (Å²) in [7, 11) is 0. The molecule has 108 valence electrons. The van der Waals surface area contributed by atoms with Gasteiger partial charge in [-0.2, -0.15) is 0 Å². The van der Waals surface area contributed by atoms with Crippen LogP contribution in [0.4, 0.5) is 6.01 Å². The number of unbranched alkanes of at least 4 members (excludes halogenated alkanes) is 3. The summed E-state index contributed by atoms with van der Waals surface area (Å²) in [5.74, 6) is 0.674. The third-order valence-electron chi connectivity index (χ3n) is 3.45. The molecular formula is C14H26N4O. The SMILES string of the molecule is CCCCCCC(C)Nc1nnc(CNC2CC2)o1. The van der Waals surface area contributed by atoms with Crippen LogP contribution in [0.5, 0.6) is 0 Å². The van der Waals surface area contributed by atoms with Gasteiger partial charge in [0.2, 0.25) is 5.89 Å². The van der Waals surface area contributed by atoms with Crippen molar-refractivity contribution in [3.63, 3.8) is 0 Å².